The Hall–Kier alpha value is -2.47. The van der Waals surface area contributed by atoms with Gasteiger partial charge in [0.05, 0.1) is 16.9 Å². The summed E-state index contributed by atoms with van der Waals surface area (Å²) >= 11 is 2.26. The Morgan fingerprint density at radius 2 is 1.40 bits per heavy atom. The maximum atomic E-state index is 13.0. The SMILES string of the molecule is Cc1cccc(I)c1Nc1cccc2c1C(=O)c1ccccc1C2=O. The maximum absolute atomic E-state index is 13.0. The summed E-state index contributed by atoms with van der Waals surface area (Å²) in [4.78, 5) is 25.9. The van der Waals surface area contributed by atoms with Gasteiger partial charge in [-0.05, 0) is 47.2 Å². The van der Waals surface area contributed by atoms with Crippen LogP contribution in [-0.4, -0.2) is 11.6 Å². The number of benzene rings is 3. The quantitative estimate of drug-likeness (QED) is 0.441. The lowest BCUT2D eigenvalue weighted by Crippen LogP contribution is -2.22. The molecule has 4 rings (SSSR count). The van der Waals surface area contributed by atoms with Crippen LogP contribution in [0, 0.1) is 10.5 Å². The van der Waals surface area contributed by atoms with Gasteiger partial charge in [0.2, 0.25) is 0 Å². The summed E-state index contributed by atoms with van der Waals surface area (Å²) < 4.78 is 1.06. The van der Waals surface area contributed by atoms with E-state index < -0.39 is 0 Å². The first-order valence-corrected chi connectivity index (χ1v) is 8.99. The van der Waals surface area contributed by atoms with Crippen LogP contribution in [0.15, 0.2) is 60.7 Å². The standard InChI is InChI=1S/C21H14INO2/c1-12-6-4-10-16(22)19(12)23-17-11-5-9-15-18(17)21(25)14-8-3-2-7-13(14)20(15)24/h2-11,23H,1H3. The zero-order chi connectivity index (χ0) is 17.6. The molecule has 3 nitrogen and oxygen atoms in total. The third-order valence-electron chi connectivity index (χ3n) is 4.43. The second-order valence-corrected chi connectivity index (χ2v) is 7.15. The molecule has 0 bridgehead atoms. The Labute approximate surface area is 159 Å². The molecule has 1 N–H and O–H groups in total. The number of hydrogen-bond donors (Lipinski definition) is 1. The predicted octanol–water partition coefficient (Wildman–Crippen LogP) is 5.12. The molecule has 0 saturated carbocycles. The highest BCUT2D eigenvalue weighted by atomic mass is 127. The zero-order valence-electron chi connectivity index (χ0n) is 13.5. The van der Waals surface area contributed by atoms with E-state index in [-0.39, 0.29) is 11.6 Å². The number of para-hydroxylation sites is 1. The van der Waals surface area contributed by atoms with E-state index in [9.17, 15) is 9.59 Å². The molecule has 0 spiro atoms. The molecule has 25 heavy (non-hydrogen) atoms. The number of rotatable bonds is 2. The van der Waals surface area contributed by atoms with Crippen molar-refractivity contribution >= 4 is 45.5 Å². The summed E-state index contributed by atoms with van der Waals surface area (Å²) in [6.07, 6.45) is 0. The summed E-state index contributed by atoms with van der Waals surface area (Å²) in [6, 6.07) is 18.4. The first kappa shape index (κ1) is 16.0. The molecular formula is C21H14INO2. The van der Waals surface area contributed by atoms with Gasteiger partial charge in [-0.2, -0.15) is 0 Å². The molecule has 3 aromatic carbocycles. The average Bonchev–Trinajstić information content (AvgIpc) is 2.63. The molecule has 3 aromatic rings. The van der Waals surface area contributed by atoms with Crippen LogP contribution < -0.4 is 5.32 Å². The highest BCUT2D eigenvalue weighted by Gasteiger charge is 2.31. The van der Waals surface area contributed by atoms with E-state index in [1.165, 1.54) is 0 Å². The summed E-state index contributed by atoms with van der Waals surface area (Å²) in [5.41, 5.74) is 4.55. The molecular weight excluding hydrogens is 425 g/mol. The van der Waals surface area contributed by atoms with Gasteiger partial charge in [0.15, 0.2) is 11.6 Å². The number of ketones is 2. The molecule has 0 aromatic heterocycles. The lowest BCUT2D eigenvalue weighted by atomic mass is 9.83. The number of fused-ring (bicyclic) bond motifs is 2. The molecule has 0 aliphatic heterocycles. The van der Waals surface area contributed by atoms with Crippen molar-refractivity contribution in [2.75, 3.05) is 5.32 Å². The van der Waals surface area contributed by atoms with Crippen molar-refractivity contribution in [3.05, 3.63) is 92.1 Å². The molecule has 0 radical (unpaired) electrons. The van der Waals surface area contributed by atoms with Gasteiger partial charge in [-0.1, -0.05) is 48.5 Å². The van der Waals surface area contributed by atoms with Crippen molar-refractivity contribution < 1.29 is 9.59 Å². The van der Waals surface area contributed by atoms with Crippen LogP contribution in [0.5, 0.6) is 0 Å². The highest BCUT2D eigenvalue weighted by molar-refractivity contribution is 14.1. The molecule has 0 unspecified atom stereocenters. The lowest BCUT2D eigenvalue weighted by Gasteiger charge is -2.21. The van der Waals surface area contributed by atoms with Crippen molar-refractivity contribution in [3.63, 3.8) is 0 Å². The Morgan fingerprint density at radius 1 is 0.760 bits per heavy atom. The van der Waals surface area contributed by atoms with E-state index >= 15 is 0 Å². The summed E-state index contributed by atoms with van der Waals surface area (Å²) in [5.74, 6) is -0.217. The van der Waals surface area contributed by atoms with Gasteiger partial charge in [-0.3, -0.25) is 9.59 Å². The fourth-order valence-corrected chi connectivity index (χ4v) is 3.94. The molecule has 0 heterocycles. The van der Waals surface area contributed by atoms with Crippen LogP contribution in [0.25, 0.3) is 0 Å². The second kappa shape index (κ2) is 6.11. The largest absolute Gasteiger partial charge is 0.354 e. The number of aryl methyl sites for hydroxylation is 1. The lowest BCUT2D eigenvalue weighted by molar-refractivity contribution is 0.0979. The van der Waals surface area contributed by atoms with E-state index in [1.807, 2.05) is 37.3 Å². The number of anilines is 2. The highest BCUT2D eigenvalue weighted by Crippen LogP contribution is 2.34. The van der Waals surface area contributed by atoms with Gasteiger partial charge < -0.3 is 5.32 Å². The fourth-order valence-electron chi connectivity index (χ4n) is 3.17. The number of carbonyl (C=O) groups excluding carboxylic acids is 2. The number of halogens is 1. The fraction of sp³-hybridized carbons (Fsp3) is 0.0476. The summed E-state index contributed by atoms with van der Waals surface area (Å²) in [7, 11) is 0. The molecule has 0 atom stereocenters. The normalized spacial score (nSPS) is 12.6. The van der Waals surface area contributed by atoms with Crippen molar-refractivity contribution in [2.24, 2.45) is 0 Å². The first-order valence-electron chi connectivity index (χ1n) is 7.91. The summed E-state index contributed by atoms with van der Waals surface area (Å²) in [6.45, 7) is 2.02. The third kappa shape index (κ3) is 2.57. The summed E-state index contributed by atoms with van der Waals surface area (Å²) in [5, 5.41) is 3.37. The van der Waals surface area contributed by atoms with Gasteiger partial charge in [0, 0.05) is 20.3 Å². The Bertz CT molecular complexity index is 1020. The van der Waals surface area contributed by atoms with Crippen molar-refractivity contribution in [2.45, 2.75) is 6.92 Å². The second-order valence-electron chi connectivity index (χ2n) is 5.99. The molecule has 0 saturated heterocycles. The van der Waals surface area contributed by atoms with E-state index in [0.717, 1.165) is 14.8 Å². The Balaban J connectivity index is 1.88. The van der Waals surface area contributed by atoms with Gasteiger partial charge in [-0.25, -0.2) is 0 Å². The third-order valence-corrected chi connectivity index (χ3v) is 5.33. The maximum Gasteiger partial charge on any atom is 0.196 e. The number of carbonyl (C=O) groups is 2. The van der Waals surface area contributed by atoms with Crippen LogP contribution in [-0.2, 0) is 0 Å². The van der Waals surface area contributed by atoms with E-state index in [0.29, 0.717) is 27.9 Å². The Morgan fingerprint density at radius 3 is 2.12 bits per heavy atom. The van der Waals surface area contributed by atoms with Crippen LogP contribution in [0.4, 0.5) is 11.4 Å². The first-order chi connectivity index (χ1) is 12.1. The van der Waals surface area contributed by atoms with E-state index in [1.54, 1.807) is 30.3 Å². The van der Waals surface area contributed by atoms with Gasteiger partial charge >= 0.3 is 0 Å². The van der Waals surface area contributed by atoms with Crippen LogP contribution in [0.1, 0.15) is 37.4 Å². The molecule has 122 valence electrons. The van der Waals surface area contributed by atoms with Gasteiger partial charge in [0.25, 0.3) is 0 Å². The van der Waals surface area contributed by atoms with Crippen LogP contribution >= 0.6 is 22.6 Å². The van der Waals surface area contributed by atoms with E-state index in [2.05, 4.69) is 27.9 Å². The monoisotopic (exact) mass is 439 g/mol. The van der Waals surface area contributed by atoms with Gasteiger partial charge in [0.1, 0.15) is 0 Å². The predicted molar refractivity (Wildman–Crippen MR) is 107 cm³/mol. The molecule has 1 aliphatic carbocycles. The average molecular weight is 439 g/mol. The number of hydrogen-bond acceptors (Lipinski definition) is 3. The van der Waals surface area contributed by atoms with E-state index in [4.69, 9.17) is 0 Å². The molecule has 4 heteroatoms. The molecule has 0 fully saturated rings. The van der Waals surface area contributed by atoms with Gasteiger partial charge in [-0.15, -0.1) is 0 Å². The zero-order valence-corrected chi connectivity index (χ0v) is 15.6. The number of nitrogens with one attached hydrogen (secondary N) is 1. The minimum atomic E-state index is -0.114. The molecule has 1 aliphatic rings. The van der Waals surface area contributed by atoms with Crippen LogP contribution in [0.3, 0.4) is 0 Å². The minimum Gasteiger partial charge on any atom is -0.354 e. The van der Waals surface area contributed by atoms with Crippen molar-refractivity contribution in [1.29, 1.82) is 0 Å². The minimum absolute atomic E-state index is 0.103. The van der Waals surface area contributed by atoms with Crippen molar-refractivity contribution in [3.8, 4) is 0 Å². The molecule has 0 amide bonds. The van der Waals surface area contributed by atoms with Crippen LogP contribution in [0.2, 0.25) is 0 Å². The Kier molecular flexibility index (Phi) is 3.92. The van der Waals surface area contributed by atoms with Crippen molar-refractivity contribution in [1.82, 2.24) is 0 Å². The smallest absolute Gasteiger partial charge is 0.196 e. The topological polar surface area (TPSA) is 46.2 Å².